The third-order valence-electron chi connectivity index (χ3n) is 4.62. The quantitative estimate of drug-likeness (QED) is 0.714. The summed E-state index contributed by atoms with van der Waals surface area (Å²) in [5, 5.41) is 3.18. The molecule has 0 heterocycles. The SMILES string of the molecule is CCCOc1c(Br)cc(C(=O)N[C@@H]2CCCc3ccccc32)cc1OC. The summed E-state index contributed by atoms with van der Waals surface area (Å²) in [6, 6.07) is 11.9. The summed E-state index contributed by atoms with van der Waals surface area (Å²) in [6.07, 6.45) is 4.02. The number of fused-ring (bicyclic) bond motifs is 1. The Balaban J connectivity index is 1.81. The molecule has 0 aromatic heterocycles. The van der Waals surface area contributed by atoms with Crippen molar-refractivity contribution in [3.63, 3.8) is 0 Å². The van der Waals surface area contributed by atoms with Crippen LogP contribution in [0.2, 0.25) is 0 Å². The highest BCUT2D eigenvalue weighted by Gasteiger charge is 2.23. The van der Waals surface area contributed by atoms with Crippen LogP contribution in [0.1, 0.15) is 53.7 Å². The standard InChI is InChI=1S/C21H24BrNO3/c1-3-11-26-20-17(22)12-15(13-19(20)25-2)21(24)23-18-10-6-8-14-7-4-5-9-16(14)18/h4-5,7,9,12-13,18H,3,6,8,10-11H2,1-2H3,(H,23,24)/t18-/m1/s1. The van der Waals surface area contributed by atoms with E-state index < -0.39 is 0 Å². The van der Waals surface area contributed by atoms with Crippen molar-refractivity contribution in [3.8, 4) is 11.5 Å². The van der Waals surface area contributed by atoms with Crippen molar-refractivity contribution in [1.29, 1.82) is 0 Å². The predicted molar refractivity (Wildman–Crippen MR) is 106 cm³/mol. The smallest absolute Gasteiger partial charge is 0.251 e. The second-order valence-electron chi connectivity index (χ2n) is 6.46. The van der Waals surface area contributed by atoms with E-state index >= 15 is 0 Å². The number of hydrogen-bond acceptors (Lipinski definition) is 3. The minimum atomic E-state index is -0.104. The molecule has 2 aromatic rings. The van der Waals surface area contributed by atoms with Crippen LogP contribution < -0.4 is 14.8 Å². The molecule has 0 unspecified atom stereocenters. The van der Waals surface area contributed by atoms with Gasteiger partial charge in [-0.1, -0.05) is 31.2 Å². The van der Waals surface area contributed by atoms with Crippen LogP contribution in [0, 0.1) is 0 Å². The number of nitrogens with one attached hydrogen (secondary N) is 1. The first-order chi connectivity index (χ1) is 12.6. The monoisotopic (exact) mass is 417 g/mol. The third kappa shape index (κ3) is 4.04. The van der Waals surface area contributed by atoms with Gasteiger partial charge in [0, 0.05) is 5.56 Å². The molecule has 2 aromatic carbocycles. The molecule has 1 aliphatic carbocycles. The number of hydrogen-bond donors (Lipinski definition) is 1. The van der Waals surface area contributed by atoms with Crippen molar-refractivity contribution in [3.05, 3.63) is 57.6 Å². The van der Waals surface area contributed by atoms with Gasteiger partial charge in [0.15, 0.2) is 11.5 Å². The number of aryl methyl sites for hydroxylation is 1. The molecular weight excluding hydrogens is 394 g/mol. The fraction of sp³-hybridized carbons (Fsp3) is 0.381. The first kappa shape index (κ1) is 18.8. The van der Waals surface area contributed by atoms with Gasteiger partial charge in [-0.05, 0) is 64.9 Å². The van der Waals surface area contributed by atoms with Crippen LogP contribution in [0.5, 0.6) is 11.5 Å². The van der Waals surface area contributed by atoms with Crippen LogP contribution in [-0.4, -0.2) is 19.6 Å². The Hall–Kier alpha value is -2.01. The molecule has 3 rings (SSSR count). The van der Waals surface area contributed by atoms with Gasteiger partial charge < -0.3 is 14.8 Å². The lowest BCUT2D eigenvalue weighted by Crippen LogP contribution is -2.31. The topological polar surface area (TPSA) is 47.6 Å². The number of rotatable bonds is 6. The van der Waals surface area contributed by atoms with Crippen LogP contribution in [0.3, 0.4) is 0 Å². The number of halogens is 1. The first-order valence-electron chi connectivity index (χ1n) is 9.03. The molecule has 26 heavy (non-hydrogen) atoms. The van der Waals surface area contributed by atoms with E-state index in [1.54, 1.807) is 19.2 Å². The summed E-state index contributed by atoms with van der Waals surface area (Å²) in [5.41, 5.74) is 3.10. The van der Waals surface area contributed by atoms with E-state index in [-0.39, 0.29) is 11.9 Å². The molecule has 0 spiro atoms. The average Bonchev–Trinajstić information content (AvgIpc) is 2.66. The van der Waals surface area contributed by atoms with Gasteiger partial charge in [0.2, 0.25) is 0 Å². The minimum absolute atomic E-state index is 0.0493. The van der Waals surface area contributed by atoms with Gasteiger partial charge in [0.1, 0.15) is 0 Å². The largest absolute Gasteiger partial charge is 0.493 e. The first-order valence-corrected chi connectivity index (χ1v) is 9.82. The molecule has 1 amide bonds. The van der Waals surface area contributed by atoms with Crippen molar-refractivity contribution < 1.29 is 14.3 Å². The zero-order valence-electron chi connectivity index (χ0n) is 15.2. The number of methoxy groups -OCH3 is 1. The Morgan fingerprint density at radius 1 is 1.31 bits per heavy atom. The maximum atomic E-state index is 12.8. The van der Waals surface area contributed by atoms with Crippen molar-refractivity contribution in [2.24, 2.45) is 0 Å². The van der Waals surface area contributed by atoms with E-state index in [9.17, 15) is 4.79 Å². The fourth-order valence-corrected chi connectivity index (χ4v) is 3.90. The normalized spacial score (nSPS) is 15.9. The molecule has 0 saturated carbocycles. The van der Waals surface area contributed by atoms with Crippen molar-refractivity contribution in [2.75, 3.05) is 13.7 Å². The van der Waals surface area contributed by atoms with E-state index in [0.717, 1.165) is 30.2 Å². The lowest BCUT2D eigenvalue weighted by atomic mass is 9.87. The van der Waals surface area contributed by atoms with Gasteiger partial charge in [0.05, 0.1) is 24.2 Å². The Morgan fingerprint density at radius 2 is 2.12 bits per heavy atom. The molecule has 4 nitrogen and oxygen atoms in total. The fourth-order valence-electron chi connectivity index (χ4n) is 3.34. The number of benzene rings is 2. The second-order valence-corrected chi connectivity index (χ2v) is 7.31. The van der Waals surface area contributed by atoms with Crippen LogP contribution in [0.25, 0.3) is 0 Å². The molecule has 1 aliphatic rings. The predicted octanol–water partition coefficient (Wildman–Crippen LogP) is 5.05. The zero-order valence-corrected chi connectivity index (χ0v) is 16.8. The molecule has 138 valence electrons. The van der Waals surface area contributed by atoms with Crippen LogP contribution in [-0.2, 0) is 6.42 Å². The maximum Gasteiger partial charge on any atom is 0.251 e. The molecule has 0 aliphatic heterocycles. The maximum absolute atomic E-state index is 12.8. The summed E-state index contributed by atoms with van der Waals surface area (Å²) in [7, 11) is 1.58. The van der Waals surface area contributed by atoms with E-state index in [2.05, 4.69) is 39.4 Å². The summed E-state index contributed by atoms with van der Waals surface area (Å²) < 4.78 is 11.9. The molecule has 0 bridgehead atoms. The Morgan fingerprint density at radius 3 is 2.88 bits per heavy atom. The number of ether oxygens (including phenoxy) is 2. The highest BCUT2D eigenvalue weighted by Crippen LogP contribution is 2.37. The number of amides is 1. The Kier molecular flexibility index (Phi) is 6.20. The lowest BCUT2D eigenvalue weighted by molar-refractivity contribution is 0.0932. The van der Waals surface area contributed by atoms with E-state index in [4.69, 9.17) is 9.47 Å². The van der Waals surface area contributed by atoms with Crippen molar-refractivity contribution in [2.45, 2.75) is 38.6 Å². The van der Waals surface area contributed by atoms with Crippen LogP contribution in [0.4, 0.5) is 0 Å². The second kappa shape index (κ2) is 8.58. The number of carbonyl (C=O) groups is 1. The molecular formula is C21H24BrNO3. The molecule has 0 saturated heterocycles. The van der Waals surface area contributed by atoms with Gasteiger partial charge in [-0.25, -0.2) is 0 Å². The average molecular weight is 418 g/mol. The van der Waals surface area contributed by atoms with Crippen LogP contribution in [0.15, 0.2) is 40.9 Å². The third-order valence-corrected chi connectivity index (χ3v) is 5.21. The van der Waals surface area contributed by atoms with E-state index in [0.29, 0.717) is 23.7 Å². The summed E-state index contributed by atoms with van der Waals surface area (Å²) in [4.78, 5) is 12.8. The molecule has 1 atom stereocenters. The Labute approximate surface area is 163 Å². The van der Waals surface area contributed by atoms with E-state index in [1.807, 2.05) is 13.0 Å². The molecule has 0 fully saturated rings. The van der Waals surface area contributed by atoms with Crippen molar-refractivity contribution in [1.82, 2.24) is 5.32 Å². The van der Waals surface area contributed by atoms with Gasteiger partial charge in [0.25, 0.3) is 5.91 Å². The Bertz CT molecular complexity index is 791. The summed E-state index contributed by atoms with van der Waals surface area (Å²) >= 11 is 3.50. The van der Waals surface area contributed by atoms with Gasteiger partial charge in [-0.3, -0.25) is 4.79 Å². The van der Waals surface area contributed by atoms with Gasteiger partial charge in [-0.15, -0.1) is 0 Å². The van der Waals surface area contributed by atoms with Crippen LogP contribution >= 0.6 is 15.9 Å². The zero-order chi connectivity index (χ0) is 18.5. The highest BCUT2D eigenvalue weighted by molar-refractivity contribution is 9.10. The summed E-state index contributed by atoms with van der Waals surface area (Å²) in [5.74, 6) is 1.09. The van der Waals surface area contributed by atoms with Gasteiger partial charge >= 0.3 is 0 Å². The number of carbonyl (C=O) groups excluding carboxylic acids is 1. The van der Waals surface area contributed by atoms with Crippen molar-refractivity contribution >= 4 is 21.8 Å². The molecule has 0 radical (unpaired) electrons. The van der Waals surface area contributed by atoms with Gasteiger partial charge in [-0.2, -0.15) is 0 Å². The molecule has 1 N–H and O–H groups in total. The minimum Gasteiger partial charge on any atom is -0.493 e. The molecule has 5 heteroatoms. The summed E-state index contributed by atoms with van der Waals surface area (Å²) in [6.45, 7) is 2.64. The lowest BCUT2D eigenvalue weighted by Gasteiger charge is -2.26. The van der Waals surface area contributed by atoms with E-state index in [1.165, 1.54) is 11.1 Å². The highest BCUT2D eigenvalue weighted by atomic mass is 79.9.